The van der Waals surface area contributed by atoms with Crippen molar-refractivity contribution >= 4 is 28.9 Å². The maximum Gasteiger partial charge on any atom is 0.310 e. The van der Waals surface area contributed by atoms with E-state index in [0.29, 0.717) is 31.0 Å². The summed E-state index contributed by atoms with van der Waals surface area (Å²) in [4.78, 5) is 17.0. The molecular formula is C17H21ClN2O2S. The summed E-state index contributed by atoms with van der Waals surface area (Å²) in [5.41, 5.74) is 0.344. The Labute approximate surface area is 145 Å². The monoisotopic (exact) mass is 352 g/mol. The fourth-order valence-electron chi connectivity index (χ4n) is 2.42. The van der Waals surface area contributed by atoms with Gasteiger partial charge in [0.2, 0.25) is 0 Å². The van der Waals surface area contributed by atoms with E-state index in [1.807, 2.05) is 44.3 Å². The summed E-state index contributed by atoms with van der Waals surface area (Å²) in [6.07, 6.45) is 3.07. The minimum absolute atomic E-state index is 0.462. The van der Waals surface area contributed by atoms with E-state index in [0.717, 1.165) is 15.4 Å². The molecule has 0 radical (unpaired) electrons. The highest BCUT2D eigenvalue weighted by molar-refractivity contribution is 7.15. The summed E-state index contributed by atoms with van der Waals surface area (Å²) in [6, 6.07) is 7.59. The number of rotatable bonds is 8. The average Bonchev–Trinajstić information content (AvgIpc) is 3.01. The number of nitrogens with one attached hydrogen (secondary N) is 1. The van der Waals surface area contributed by atoms with Gasteiger partial charge in [-0.25, -0.2) is 4.98 Å². The zero-order chi connectivity index (χ0) is 16.9. The highest BCUT2D eigenvalue weighted by Crippen LogP contribution is 2.28. The standard InChI is InChI=1S/C17H21ClN2O2S/c1-3-17(4-2,16(21)22)11-19-9-14-10-20-15(23-14)12-5-7-13(18)8-6-12/h5-8,10,19H,3-4,9,11H2,1-2H3,(H,21,22). The van der Waals surface area contributed by atoms with Crippen LogP contribution >= 0.6 is 22.9 Å². The maximum absolute atomic E-state index is 11.5. The Morgan fingerprint density at radius 2 is 1.96 bits per heavy atom. The van der Waals surface area contributed by atoms with Crippen LogP contribution in [0.4, 0.5) is 0 Å². The Kier molecular flexibility index (Phi) is 6.16. The molecule has 124 valence electrons. The molecule has 23 heavy (non-hydrogen) atoms. The van der Waals surface area contributed by atoms with Crippen LogP contribution in [0.3, 0.4) is 0 Å². The lowest BCUT2D eigenvalue weighted by Gasteiger charge is -2.26. The Morgan fingerprint density at radius 3 is 2.52 bits per heavy atom. The highest BCUT2D eigenvalue weighted by atomic mass is 35.5. The molecule has 0 bridgehead atoms. The van der Waals surface area contributed by atoms with Crippen molar-refractivity contribution in [1.82, 2.24) is 10.3 Å². The zero-order valence-electron chi connectivity index (χ0n) is 13.3. The van der Waals surface area contributed by atoms with E-state index < -0.39 is 11.4 Å². The summed E-state index contributed by atoms with van der Waals surface area (Å²) in [7, 11) is 0. The first-order chi connectivity index (χ1) is 11.0. The molecule has 6 heteroatoms. The number of hydrogen-bond acceptors (Lipinski definition) is 4. The van der Waals surface area contributed by atoms with E-state index in [9.17, 15) is 9.90 Å². The van der Waals surface area contributed by atoms with Crippen molar-refractivity contribution in [2.45, 2.75) is 33.2 Å². The summed E-state index contributed by atoms with van der Waals surface area (Å²) in [5, 5.41) is 14.3. The van der Waals surface area contributed by atoms with Crippen LogP contribution in [0.5, 0.6) is 0 Å². The van der Waals surface area contributed by atoms with Crippen molar-refractivity contribution in [1.29, 1.82) is 0 Å². The summed E-state index contributed by atoms with van der Waals surface area (Å²) < 4.78 is 0. The SMILES string of the molecule is CCC(CC)(CNCc1cnc(-c2ccc(Cl)cc2)s1)C(=O)O. The van der Waals surface area contributed by atoms with Crippen LogP contribution < -0.4 is 5.32 Å². The Morgan fingerprint density at radius 1 is 1.30 bits per heavy atom. The summed E-state index contributed by atoms with van der Waals surface area (Å²) in [5.74, 6) is -0.735. The molecular weight excluding hydrogens is 332 g/mol. The number of aliphatic carboxylic acids is 1. The Hall–Kier alpha value is -1.43. The first-order valence-corrected chi connectivity index (χ1v) is 8.85. The van der Waals surface area contributed by atoms with Crippen LogP contribution in [0.1, 0.15) is 31.6 Å². The highest BCUT2D eigenvalue weighted by Gasteiger charge is 2.34. The summed E-state index contributed by atoms with van der Waals surface area (Å²) in [6.45, 7) is 4.93. The molecule has 0 atom stereocenters. The van der Waals surface area contributed by atoms with Gasteiger partial charge in [0, 0.05) is 34.7 Å². The van der Waals surface area contributed by atoms with E-state index in [2.05, 4.69) is 10.3 Å². The molecule has 0 aliphatic rings. The first kappa shape index (κ1) is 17.9. The molecule has 2 rings (SSSR count). The van der Waals surface area contributed by atoms with Crippen LogP contribution in [0.15, 0.2) is 30.5 Å². The molecule has 0 unspecified atom stereocenters. The Balaban J connectivity index is 1.97. The molecule has 1 aromatic carbocycles. The third-order valence-corrected chi connectivity index (χ3v) is 5.51. The predicted octanol–water partition coefficient (Wildman–Crippen LogP) is 4.44. The van der Waals surface area contributed by atoms with Crippen molar-refractivity contribution in [2.75, 3.05) is 6.54 Å². The largest absolute Gasteiger partial charge is 0.481 e. The molecule has 1 aromatic heterocycles. The average molecular weight is 353 g/mol. The minimum atomic E-state index is -0.735. The van der Waals surface area contributed by atoms with Crippen LogP contribution in [0, 0.1) is 5.41 Å². The van der Waals surface area contributed by atoms with Crippen LogP contribution in [-0.2, 0) is 11.3 Å². The number of hydrogen-bond donors (Lipinski definition) is 2. The molecule has 0 aliphatic heterocycles. The number of nitrogens with zero attached hydrogens (tertiary/aromatic N) is 1. The molecule has 2 N–H and O–H groups in total. The van der Waals surface area contributed by atoms with E-state index in [1.54, 1.807) is 11.3 Å². The molecule has 0 amide bonds. The number of halogens is 1. The number of aromatic nitrogens is 1. The maximum atomic E-state index is 11.5. The molecule has 0 saturated heterocycles. The second kappa shape index (κ2) is 7.90. The molecule has 0 saturated carbocycles. The smallest absolute Gasteiger partial charge is 0.310 e. The number of benzene rings is 1. The van der Waals surface area contributed by atoms with Gasteiger partial charge in [0.15, 0.2) is 0 Å². The van der Waals surface area contributed by atoms with Gasteiger partial charge in [-0.3, -0.25) is 4.79 Å². The van der Waals surface area contributed by atoms with Crippen molar-refractivity contribution in [3.63, 3.8) is 0 Å². The van der Waals surface area contributed by atoms with Crippen molar-refractivity contribution in [2.24, 2.45) is 5.41 Å². The Bertz CT molecular complexity index is 651. The van der Waals surface area contributed by atoms with Gasteiger partial charge >= 0.3 is 5.97 Å². The second-order valence-electron chi connectivity index (χ2n) is 5.53. The van der Waals surface area contributed by atoms with Crippen molar-refractivity contribution in [3.05, 3.63) is 40.4 Å². The van der Waals surface area contributed by atoms with Gasteiger partial charge in [-0.15, -0.1) is 11.3 Å². The van der Waals surface area contributed by atoms with Gasteiger partial charge in [-0.1, -0.05) is 37.6 Å². The van der Waals surface area contributed by atoms with E-state index >= 15 is 0 Å². The second-order valence-corrected chi connectivity index (χ2v) is 7.09. The van der Waals surface area contributed by atoms with Gasteiger partial charge in [0.1, 0.15) is 5.01 Å². The van der Waals surface area contributed by atoms with E-state index in [1.165, 1.54) is 0 Å². The van der Waals surface area contributed by atoms with Gasteiger partial charge < -0.3 is 10.4 Å². The fraction of sp³-hybridized carbons (Fsp3) is 0.412. The number of carboxylic acid groups (broad SMARTS) is 1. The molecule has 0 aliphatic carbocycles. The van der Waals surface area contributed by atoms with Gasteiger partial charge in [-0.05, 0) is 25.0 Å². The molecule has 0 fully saturated rings. The predicted molar refractivity (Wildman–Crippen MR) is 94.9 cm³/mol. The summed E-state index contributed by atoms with van der Waals surface area (Å²) >= 11 is 7.50. The first-order valence-electron chi connectivity index (χ1n) is 7.65. The van der Waals surface area contributed by atoms with Crippen LogP contribution in [0.25, 0.3) is 10.6 Å². The third kappa shape index (κ3) is 4.31. The number of carboxylic acids is 1. The molecule has 0 spiro atoms. The van der Waals surface area contributed by atoms with Gasteiger partial charge in [0.05, 0.1) is 5.41 Å². The van der Waals surface area contributed by atoms with Crippen LogP contribution in [0.2, 0.25) is 5.02 Å². The third-order valence-electron chi connectivity index (χ3n) is 4.21. The normalized spacial score (nSPS) is 11.6. The van der Waals surface area contributed by atoms with Gasteiger partial charge in [-0.2, -0.15) is 0 Å². The van der Waals surface area contributed by atoms with E-state index in [-0.39, 0.29) is 0 Å². The lowest BCUT2D eigenvalue weighted by molar-refractivity contribution is -0.149. The lowest BCUT2D eigenvalue weighted by Crippen LogP contribution is -2.39. The minimum Gasteiger partial charge on any atom is -0.481 e. The van der Waals surface area contributed by atoms with Crippen molar-refractivity contribution < 1.29 is 9.90 Å². The van der Waals surface area contributed by atoms with Gasteiger partial charge in [0.25, 0.3) is 0 Å². The van der Waals surface area contributed by atoms with Crippen LogP contribution in [-0.4, -0.2) is 22.6 Å². The van der Waals surface area contributed by atoms with Crippen molar-refractivity contribution in [3.8, 4) is 10.6 Å². The molecule has 4 nitrogen and oxygen atoms in total. The van der Waals surface area contributed by atoms with E-state index in [4.69, 9.17) is 11.6 Å². The quantitative estimate of drug-likeness (QED) is 0.737. The topological polar surface area (TPSA) is 62.2 Å². The number of thiazole rings is 1. The fourth-order valence-corrected chi connectivity index (χ4v) is 3.43. The zero-order valence-corrected chi connectivity index (χ0v) is 14.9. The molecule has 2 aromatic rings. The lowest BCUT2D eigenvalue weighted by atomic mass is 9.82. The number of carbonyl (C=O) groups is 1. The molecule has 1 heterocycles.